The number of rotatable bonds is 8. The SMILES string of the molecule is COc1ccc(C(C)CC(=O)NCCCN(C)C)cc1. The van der Waals surface area contributed by atoms with Crippen molar-refractivity contribution in [2.24, 2.45) is 0 Å². The van der Waals surface area contributed by atoms with Gasteiger partial charge in [-0.2, -0.15) is 0 Å². The number of hydrogen-bond donors (Lipinski definition) is 1. The van der Waals surface area contributed by atoms with Crippen molar-refractivity contribution in [3.8, 4) is 5.75 Å². The highest BCUT2D eigenvalue weighted by Crippen LogP contribution is 2.21. The van der Waals surface area contributed by atoms with Gasteiger partial charge in [-0.05, 0) is 50.7 Å². The molecule has 4 heteroatoms. The van der Waals surface area contributed by atoms with E-state index in [2.05, 4.69) is 17.1 Å². The van der Waals surface area contributed by atoms with Crippen LogP contribution in [0.2, 0.25) is 0 Å². The Morgan fingerprint density at radius 3 is 2.50 bits per heavy atom. The third kappa shape index (κ3) is 6.06. The topological polar surface area (TPSA) is 41.6 Å². The molecule has 1 unspecified atom stereocenters. The highest BCUT2D eigenvalue weighted by molar-refractivity contribution is 5.76. The van der Waals surface area contributed by atoms with Gasteiger partial charge in [0.05, 0.1) is 7.11 Å². The Hall–Kier alpha value is -1.55. The van der Waals surface area contributed by atoms with E-state index >= 15 is 0 Å². The van der Waals surface area contributed by atoms with Crippen molar-refractivity contribution in [1.29, 1.82) is 0 Å². The van der Waals surface area contributed by atoms with E-state index < -0.39 is 0 Å². The lowest BCUT2D eigenvalue weighted by atomic mass is 9.97. The van der Waals surface area contributed by atoms with Crippen LogP contribution in [0.5, 0.6) is 5.75 Å². The van der Waals surface area contributed by atoms with Crippen LogP contribution in [0.15, 0.2) is 24.3 Å². The quantitative estimate of drug-likeness (QED) is 0.742. The summed E-state index contributed by atoms with van der Waals surface area (Å²) in [5.74, 6) is 1.18. The first-order chi connectivity index (χ1) is 9.52. The Balaban J connectivity index is 2.33. The van der Waals surface area contributed by atoms with Gasteiger partial charge in [0, 0.05) is 13.0 Å². The molecule has 1 rings (SSSR count). The highest BCUT2D eigenvalue weighted by Gasteiger charge is 2.11. The van der Waals surface area contributed by atoms with E-state index in [1.54, 1.807) is 7.11 Å². The average molecular weight is 278 g/mol. The third-order valence-electron chi connectivity index (χ3n) is 3.28. The van der Waals surface area contributed by atoms with E-state index in [-0.39, 0.29) is 11.8 Å². The summed E-state index contributed by atoms with van der Waals surface area (Å²) in [4.78, 5) is 14.0. The number of hydrogen-bond acceptors (Lipinski definition) is 3. The summed E-state index contributed by atoms with van der Waals surface area (Å²) in [5, 5.41) is 2.97. The zero-order valence-electron chi connectivity index (χ0n) is 13.0. The molecule has 0 aliphatic carbocycles. The van der Waals surface area contributed by atoms with Gasteiger partial charge in [-0.15, -0.1) is 0 Å². The molecule has 0 heterocycles. The molecule has 1 atom stereocenters. The summed E-state index contributed by atoms with van der Waals surface area (Å²) in [5.41, 5.74) is 1.16. The molecule has 0 saturated carbocycles. The zero-order valence-corrected chi connectivity index (χ0v) is 13.0. The van der Waals surface area contributed by atoms with Crippen molar-refractivity contribution >= 4 is 5.91 Å². The van der Waals surface area contributed by atoms with Crippen molar-refractivity contribution < 1.29 is 9.53 Å². The number of methoxy groups -OCH3 is 1. The number of nitrogens with one attached hydrogen (secondary N) is 1. The van der Waals surface area contributed by atoms with E-state index in [0.717, 1.165) is 30.8 Å². The van der Waals surface area contributed by atoms with Crippen molar-refractivity contribution in [3.05, 3.63) is 29.8 Å². The molecule has 0 saturated heterocycles. The lowest BCUT2D eigenvalue weighted by molar-refractivity contribution is -0.121. The molecule has 0 bridgehead atoms. The van der Waals surface area contributed by atoms with Crippen LogP contribution < -0.4 is 10.1 Å². The first kappa shape index (κ1) is 16.5. The molecule has 1 aromatic carbocycles. The van der Waals surface area contributed by atoms with Crippen LogP contribution in [0.25, 0.3) is 0 Å². The van der Waals surface area contributed by atoms with E-state index in [1.807, 2.05) is 38.4 Å². The van der Waals surface area contributed by atoms with Crippen LogP contribution in [0.1, 0.15) is 31.2 Å². The summed E-state index contributed by atoms with van der Waals surface area (Å²) < 4.78 is 5.13. The predicted octanol–water partition coefficient (Wildman–Crippen LogP) is 2.26. The van der Waals surface area contributed by atoms with E-state index in [9.17, 15) is 4.79 Å². The molecular formula is C16H26N2O2. The number of nitrogens with zero attached hydrogens (tertiary/aromatic N) is 1. The summed E-state index contributed by atoms with van der Waals surface area (Å²) in [7, 11) is 5.72. The van der Waals surface area contributed by atoms with E-state index in [1.165, 1.54) is 0 Å². The van der Waals surface area contributed by atoms with Gasteiger partial charge in [-0.3, -0.25) is 4.79 Å². The van der Waals surface area contributed by atoms with Crippen molar-refractivity contribution in [1.82, 2.24) is 10.2 Å². The molecule has 1 aromatic rings. The summed E-state index contributed by atoms with van der Waals surface area (Å²) >= 11 is 0. The van der Waals surface area contributed by atoms with E-state index in [4.69, 9.17) is 4.74 Å². The smallest absolute Gasteiger partial charge is 0.220 e. The summed E-state index contributed by atoms with van der Waals surface area (Å²) in [6.45, 7) is 3.81. The lowest BCUT2D eigenvalue weighted by Gasteiger charge is -2.13. The van der Waals surface area contributed by atoms with Crippen molar-refractivity contribution in [2.45, 2.75) is 25.7 Å². The molecule has 1 amide bonds. The van der Waals surface area contributed by atoms with Crippen LogP contribution in [-0.4, -0.2) is 45.1 Å². The Morgan fingerprint density at radius 2 is 1.95 bits per heavy atom. The molecule has 0 aromatic heterocycles. The molecule has 0 spiro atoms. The summed E-state index contributed by atoms with van der Waals surface area (Å²) in [6, 6.07) is 7.90. The minimum absolute atomic E-state index is 0.118. The minimum atomic E-state index is 0.118. The van der Waals surface area contributed by atoms with Crippen LogP contribution >= 0.6 is 0 Å². The molecule has 0 aliphatic rings. The van der Waals surface area contributed by atoms with Crippen molar-refractivity contribution in [3.63, 3.8) is 0 Å². The second-order valence-electron chi connectivity index (χ2n) is 5.39. The normalized spacial score (nSPS) is 12.2. The summed E-state index contributed by atoms with van der Waals surface area (Å²) in [6.07, 6.45) is 1.50. The first-order valence-electron chi connectivity index (χ1n) is 7.08. The number of carbonyl (C=O) groups excluding carboxylic acids is 1. The lowest BCUT2D eigenvalue weighted by Crippen LogP contribution is -2.27. The number of benzene rings is 1. The largest absolute Gasteiger partial charge is 0.497 e. The maximum absolute atomic E-state index is 11.8. The molecule has 112 valence electrons. The molecular weight excluding hydrogens is 252 g/mol. The minimum Gasteiger partial charge on any atom is -0.497 e. The number of amides is 1. The molecule has 0 fully saturated rings. The van der Waals surface area contributed by atoms with Gasteiger partial charge in [0.25, 0.3) is 0 Å². The van der Waals surface area contributed by atoms with Gasteiger partial charge >= 0.3 is 0 Å². The van der Waals surface area contributed by atoms with Gasteiger partial charge in [0.2, 0.25) is 5.91 Å². The monoisotopic (exact) mass is 278 g/mol. The second-order valence-corrected chi connectivity index (χ2v) is 5.39. The fourth-order valence-electron chi connectivity index (χ4n) is 2.02. The Morgan fingerprint density at radius 1 is 1.30 bits per heavy atom. The van der Waals surface area contributed by atoms with Crippen molar-refractivity contribution in [2.75, 3.05) is 34.3 Å². The fourth-order valence-corrected chi connectivity index (χ4v) is 2.02. The Bertz CT molecular complexity index is 401. The second kappa shape index (κ2) is 8.59. The van der Waals surface area contributed by atoms with Crippen LogP contribution in [-0.2, 0) is 4.79 Å². The average Bonchev–Trinajstić information content (AvgIpc) is 2.43. The third-order valence-corrected chi connectivity index (χ3v) is 3.28. The molecule has 1 N–H and O–H groups in total. The van der Waals surface area contributed by atoms with Crippen LogP contribution in [0.3, 0.4) is 0 Å². The number of ether oxygens (including phenoxy) is 1. The molecule has 0 radical (unpaired) electrons. The van der Waals surface area contributed by atoms with Gasteiger partial charge in [0.1, 0.15) is 5.75 Å². The maximum atomic E-state index is 11.8. The van der Waals surface area contributed by atoms with Gasteiger partial charge in [-0.25, -0.2) is 0 Å². The fraction of sp³-hybridized carbons (Fsp3) is 0.562. The Kier molecular flexibility index (Phi) is 7.09. The first-order valence-corrected chi connectivity index (χ1v) is 7.08. The van der Waals surface area contributed by atoms with Gasteiger partial charge in [0.15, 0.2) is 0 Å². The Labute approximate surface area is 122 Å². The van der Waals surface area contributed by atoms with Crippen LogP contribution in [0.4, 0.5) is 0 Å². The maximum Gasteiger partial charge on any atom is 0.220 e. The molecule has 0 aliphatic heterocycles. The highest BCUT2D eigenvalue weighted by atomic mass is 16.5. The number of carbonyl (C=O) groups is 1. The van der Waals surface area contributed by atoms with Gasteiger partial charge < -0.3 is 15.0 Å². The standard InChI is InChI=1S/C16H26N2O2/c1-13(14-6-8-15(20-4)9-7-14)12-16(19)17-10-5-11-18(2)3/h6-9,13H,5,10-12H2,1-4H3,(H,17,19). The molecule has 4 nitrogen and oxygen atoms in total. The van der Waals surface area contributed by atoms with E-state index in [0.29, 0.717) is 6.42 Å². The van der Waals surface area contributed by atoms with Crippen LogP contribution in [0, 0.1) is 0 Å². The predicted molar refractivity (Wildman–Crippen MR) is 82.2 cm³/mol. The molecule has 20 heavy (non-hydrogen) atoms. The van der Waals surface area contributed by atoms with Gasteiger partial charge in [-0.1, -0.05) is 19.1 Å². The zero-order chi connectivity index (χ0) is 15.0.